The summed E-state index contributed by atoms with van der Waals surface area (Å²) in [6.45, 7) is 4.70. The fourth-order valence-electron chi connectivity index (χ4n) is 3.18. The van der Waals surface area contributed by atoms with Crippen LogP contribution in [0, 0.1) is 13.8 Å². The van der Waals surface area contributed by atoms with E-state index >= 15 is 0 Å². The van der Waals surface area contributed by atoms with Crippen molar-refractivity contribution in [3.05, 3.63) is 40.7 Å². The molecule has 1 aliphatic heterocycles. The number of H-pyrrole nitrogens is 2. The third-order valence-electron chi connectivity index (χ3n) is 4.36. The van der Waals surface area contributed by atoms with Gasteiger partial charge in [-0.3, -0.25) is 4.79 Å². The molecule has 1 saturated heterocycles. The molecule has 24 heavy (non-hydrogen) atoms. The van der Waals surface area contributed by atoms with Crippen molar-refractivity contribution in [1.82, 2.24) is 19.9 Å². The Balaban J connectivity index is 1.76. The highest BCUT2D eigenvalue weighted by molar-refractivity contribution is 5.94. The fourth-order valence-corrected chi connectivity index (χ4v) is 3.18. The number of nitrogens with one attached hydrogen (secondary N) is 2. The zero-order chi connectivity index (χ0) is 17.5. The lowest BCUT2D eigenvalue weighted by Gasteiger charge is -2.31. The van der Waals surface area contributed by atoms with Crippen LogP contribution >= 0.6 is 0 Å². The molecule has 3 heterocycles. The third kappa shape index (κ3) is 3.18. The quantitative estimate of drug-likeness (QED) is 0.880. The number of imidazole rings is 1. The van der Waals surface area contributed by atoms with Gasteiger partial charge in [-0.15, -0.1) is 0 Å². The van der Waals surface area contributed by atoms with E-state index in [0.717, 1.165) is 23.9 Å². The number of halogens is 3. The molecule has 1 amide bonds. The highest BCUT2D eigenvalue weighted by Gasteiger charge is 2.35. The molecule has 1 atom stereocenters. The van der Waals surface area contributed by atoms with E-state index in [9.17, 15) is 18.0 Å². The van der Waals surface area contributed by atoms with Gasteiger partial charge >= 0.3 is 6.18 Å². The highest BCUT2D eigenvalue weighted by Crippen LogP contribution is 2.31. The van der Waals surface area contributed by atoms with Crippen LogP contribution in [0.2, 0.25) is 0 Å². The minimum absolute atomic E-state index is 0.118. The number of aryl methyl sites for hydroxylation is 2. The largest absolute Gasteiger partial charge is 0.432 e. The summed E-state index contributed by atoms with van der Waals surface area (Å²) < 4.78 is 38.1. The zero-order valence-electron chi connectivity index (χ0n) is 13.5. The SMILES string of the molecule is Cc1cc(C)c(C(=O)N2CCC[C@@H](c3ncc(C(F)(F)F)[nH]3)C2)[nH]1. The summed E-state index contributed by atoms with van der Waals surface area (Å²) in [5.74, 6) is -0.0396. The van der Waals surface area contributed by atoms with Crippen molar-refractivity contribution in [3.8, 4) is 0 Å². The predicted octanol–water partition coefficient (Wildman–Crippen LogP) is 3.39. The van der Waals surface area contributed by atoms with Crippen LogP contribution in [0.3, 0.4) is 0 Å². The number of alkyl halides is 3. The Kier molecular flexibility index (Phi) is 4.15. The molecule has 2 aromatic rings. The van der Waals surface area contributed by atoms with Gasteiger partial charge in [-0.2, -0.15) is 13.2 Å². The molecule has 2 N–H and O–H groups in total. The number of carbonyl (C=O) groups excluding carboxylic acids is 1. The van der Waals surface area contributed by atoms with Crippen molar-refractivity contribution >= 4 is 5.91 Å². The number of piperidine rings is 1. The second-order valence-corrected chi connectivity index (χ2v) is 6.28. The molecule has 0 unspecified atom stereocenters. The number of likely N-dealkylation sites (tertiary alicyclic amines) is 1. The Hall–Kier alpha value is -2.25. The first-order chi connectivity index (χ1) is 11.3. The number of aromatic nitrogens is 3. The molecule has 8 heteroatoms. The van der Waals surface area contributed by atoms with Crippen molar-refractivity contribution in [3.63, 3.8) is 0 Å². The van der Waals surface area contributed by atoms with Gasteiger partial charge in [-0.25, -0.2) is 4.98 Å². The molecule has 1 fully saturated rings. The Morgan fingerprint density at radius 1 is 1.33 bits per heavy atom. The first-order valence-electron chi connectivity index (χ1n) is 7.83. The molecule has 0 aliphatic carbocycles. The van der Waals surface area contributed by atoms with E-state index in [1.165, 1.54) is 0 Å². The second-order valence-electron chi connectivity index (χ2n) is 6.28. The lowest BCUT2D eigenvalue weighted by Crippen LogP contribution is -2.39. The summed E-state index contributed by atoms with van der Waals surface area (Å²) in [4.78, 5) is 23.6. The lowest BCUT2D eigenvalue weighted by atomic mass is 9.97. The van der Waals surface area contributed by atoms with E-state index < -0.39 is 11.9 Å². The van der Waals surface area contributed by atoms with Crippen molar-refractivity contribution in [1.29, 1.82) is 0 Å². The molecular weight excluding hydrogens is 321 g/mol. The average Bonchev–Trinajstić information content (AvgIpc) is 3.13. The number of amides is 1. The molecule has 1 aliphatic rings. The van der Waals surface area contributed by atoms with Crippen LogP contribution in [0.25, 0.3) is 0 Å². The standard InChI is InChI=1S/C16H19F3N4O/c1-9-6-10(2)21-13(9)15(24)23-5-3-4-11(8-23)14-20-7-12(22-14)16(17,18)19/h6-7,11,21H,3-5,8H2,1-2H3,(H,20,22)/t11-/m1/s1. The molecule has 5 nitrogen and oxygen atoms in total. The number of hydrogen-bond acceptors (Lipinski definition) is 2. The van der Waals surface area contributed by atoms with Gasteiger partial charge in [0.15, 0.2) is 0 Å². The average molecular weight is 340 g/mol. The highest BCUT2D eigenvalue weighted by atomic mass is 19.4. The van der Waals surface area contributed by atoms with E-state index in [-0.39, 0.29) is 11.8 Å². The number of nitrogens with zero attached hydrogens (tertiary/aromatic N) is 2. The van der Waals surface area contributed by atoms with Gasteiger partial charge in [-0.05, 0) is 38.3 Å². The van der Waals surface area contributed by atoms with E-state index in [1.807, 2.05) is 19.9 Å². The van der Waals surface area contributed by atoms with Crippen LogP contribution in [0.15, 0.2) is 12.3 Å². The number of carbonyl (C=O) groups is 1. The Morgan fingerprint density at radius 2 is 2.08 bits per heavy atom. The van der Waals surface area contributed by atoms with Gasteiger partial charge in [0.05, 0.1) is 6.20 Å². The van der Waals surface area contributed by atoms with Crippen LogP contribution in [-0.4, -0.2) is 38.8 Å². The molecular formula is C16H19F3N4O. The van der Waals surface area contributed by atoms with E-state index in [1.54, 1.807) is 4.90 Å². The van der Waals surface area contributed by atoms with Gasteiger partial charge in [0.2, 0.25) is 0 Å². The van der Waals surface area contributed by atoms with E-state index in [0.29, 0.717) is 31.0 Å². The van der Waals surface area contributed by atoms with Gasteiger partial charge in [-0.1, -0.05) is 0 Å². The maximum atomic E-state index is 12.7. The molecule has 0 bridgehead atoms. The summed E-state index contributed by atoms with van der Waals surface area (Å²) in [5.41, 5.74) is 1.47. The van der Waals surface area contributed by atoms with Crippen LogP contribution < -0.4 is 0 Å². The molecule has 3 rings (SSSR count). The second kappa shape index (κ2) is 5.99. The van der Waals surface area contributed by atoms with Gasteiger partial charge in [0, 0.05) is 24.7 Å². The van der Waals surface area contributed by atoms with E-state index in [2.05, 4.69) is 15.0 Å². The molecule has 2 aromatic heterocycles. The smallest absolute Gasteiger partial charge is 0.354 e. The van der Waals surface area contributed by atoms with Gasteiger partial charge < -0.3 is 14.9 Å². The molecule has 0 saturated carbocycles. The lowest BCUT2D eigenvalue weighted by molar-refractivity contribution is -0.141. The van der Waals surface area contributed by atoms with Gasteiger partial charge in [0.25, 0.3) is 5.91 Å². The van der Waals surface area contributed by atoms with Crippen LogP contribution in [0.4, 0.5) is 13.2 Å². The predicted molar refractivity (Wildman–Crippen MR) is 81.7 cm³/mol. The summed E-state index contributed by atoms with van der Waals surface area (Å²) in [7, 11) is 0. The minimum Gasteiger partial charge on any atom is -0.354 e. The Morgan fingerprint density at radius 3 is 2.67 bits per heavy atom. The molecule has 0 aromatic carbocycles. The van der Waals surface area contributed by atoms with Crippen molar-refractivity contribution in [2.24, 2.45) is 0 Å². The molecule has 130 valence electrons. The summed E-state index contributed by atoms with van der Waals surface area (Å²) >= 11 is 0. The van der Waals surface area contributed by atoms with E-state index in [4.69, 9.17) is 0 Å². The van der Waals surface area contributed by atoms with Crippen LogP contribution in [0.5, 0.6) is 0 Å². The number of hydrogen-bond donors (Lipinski definition) is 2. The van der Waals surface area contributed by atoms with Crippen molar-refractivity contribution < 1.29 is 18.0 Å². The van der Waals surface area contributed by atoms with Crippen LogP contribution in [-0.2, 0) is 6.18 Å². The third-order valence-corrected chi connectivity index (χ3v) is 4.36. The summed E-state index contributed by atoms with van der Waals surface area (Å²) in [6, 6.07) is 1.90. The van der Waals surface area contributed by atoms with Crippen LogP contribution in [0.1, 0.15) is 52.0 Å². The maximum absolute atomic E-state index is 12.7. The Labute approximate surface area is 137 Å². The first kappa shape index (κ1) is 16.6. The molecule has 0 radical (unpaired) electrons. The molecule has 0 spiro atoms. The fraction of sp³-hybridized carbons (Fsp3) is 0.500. The number of rotatable bonds is 2. The topological polar surface area (TPSA) is 64.8 Å². The van der Waals surface area contributed by atoms with Crippen molar-refractivity contribution in [2.45, 2.75) is 38.8 Å². The van der Waals surface area contributed by atoms with Gasteiger partial charge in [0.1, 0.15) is 17.2 Å². The maximum Gasteiger partial charge on any atom is 0.432 e. The monoisotopic (exact) mass is 340 g/mol. The number of aromatic amines is 2. The summed E-state index contributed by atoms with van der Waals surface area (Å²) in [5, 5.41) is 0. The summed E-state index contributed by atoms with van der Waals surface area (Å²) in [6.07, 6.45) is -2.18. The first-order valence-corrected chi connectivity index (χ1v) is 7.83. The van der Waals surface area contributed by atoms with Crippen molar-refractivity contribution in [2.75, 3.05) is 13.1 Å². The minimum atomic E-state index is -4.44. The normalized spacial score (nSPS) is 18.9. The zero-order valence-corrected chi connectivity index (χ0v) is 13.5. The Bertz CT molecular complexity index is 747.